The Hall–Kier alpha value is -2.48. The van der Waals surface area contributed by atoms with E-state index in [0.29, 0.717) is 5.55 Å². The van der Waals surface area contributed by atoms with Crippen molar-refractivity contribution in [1.29, 1.82) is 0 Å². The van der Waals surface area contributed by atoms with Crippen molar-refractivity contribution >= 4 is 25.5 Å². The Morgan fingerprint density at radius 3 is 1.96 bits per heavy atom. The summed E-state index contributed by atoms with van der Waals surface area (Å²) in [6.07, 6.45) is 0. The van der Waals surface area contributed by atoms with Crippen LogP contribution >= 0.6 is 0 Å². The van der Waals surface area contributed by atoms with Gasteiger partial charge in [-0.1, -0.05) is 17.7 Å². The minimum Gasteiger partial charge on any atom is -0.379 e. The fourth-order valence-corrected chi connectivity index (χ4v) is 3.38. The number of hydrogen-bond acceptors (Lipinski definition) is 5. The molecule has 2 rings (SSSR count). The Kier molecular flexibility index (Phi) is 4.65. The van der Waals surface area contributed by atoms with Crippen molar-refractivity contribution in [2.75, 3.05) is 0 Å². The van der Waals surface area contributed by atoms with Crippen molar-refractivity contribution in [1.82, 2.24) is 0 Å². The lowest BCUT2D eigenvalue weighted by Gasteiger charge is -2.07. The first kappa shape index (κ1) is 16.9. The molecule has 0 fully saturated rings. The fraction of sp³-hybridized carbons (Fsp3) is 0.0714. The maximum absolute atomic E-state index is 12.1. The molecule has 0 spiro atoms. The van der Waals surface area contributed by atoms with Gasteiger partial charge in [0.15, 0.2) is 0 Å². The van der Waals surface area contributed by atoms with E-state index in [1.54, 1.807) is 12.1 Å². The number of rotatable bonds is 5. The van der Waals surface area contributed by atoms with Crippen LogP contribution in [0.5, 0.6) is 5.75 Å². The van der Waals surface area contributed by atoms with Crippen LogP contribution in [0.3, 0.4) is 0 Å². The molecule has 9 heteroatoms. The molecule has 7 nitrogen and oxygen atoms in total. The first-order valence-corrected chi connectivity index (χ1v) is 9.24. The molecular weight excluding hydrogens is 340 g/mol. The van der Waals surface area contributed by atoms with Gasteiger partial charge in [0, 0.05) is 0 Å². The molecule has 0 saturated heterocycles. The molecule has 0 atom stereocenters. The largest absolute Gasteiger partial charge is 0.379 e. The van der Waals surface area contributed by atoms with Gasteiger partial charge in [0.05, 0.1) is 4.90 Å². The average molecular weight is 352 g/mol. The van der Waals surface area contributed by atoms with Gasteiger partial charge in [0.1, 0.15) is 10.6 Å². The van der Waals surface area contributed by atoms with Crippen LogP contribution in [0.2, 0.25) is 0 Å². The molecule has 0 unspecified atom stereocenters. The number of hydrogen-bond donors (Lipinski definition) is 0. The van der Waals surface area contributed by atoms with E-state index in [9.17, 15) is 16.8 Å². The van der Waals surface area contributed by atoms with Crippen molar-refractivity contribution in [2.45, 2.75) is 16.7 Å². The lowest BCUT2D eigenvalue weighted by molar-refractivity contribution is 0.00753. The van der Waals surface area contributed by atoms with Crippen LogP contribution < -0.4 is 4.18 Å². The minimum atomic E-state index is -4.00. The molecule has 0 bridgehead atoms. The van der Waals surface area contributed by atoms with E-state index in [1.165, 1.54) is 24.3 Å². The van der Waals surface area contributed by atoms with Crippen molar-refractivity contribution in [3.05, 3.63) is 59.6 Å². The van der Waals surface area contributed by atoms with E-state index < -0.39 is 20.0 Å². The summed E-state index contributed by atoms with van der Waals surface area (Å²) in [5.74, 6) is -0.0366. The summed E-state index contributed by atoms with van der Waals surface area (Å²) in [6.45, 7) is 1.83. The van der Waals surface area contributed by atoms with E-state index in [4.69, 9.17) is 9.71 Å². The molecule has 0 heterocycles. The van der Waals surface area contributed by atoms with Gasteiger partial charge in [-0.25, -0.2) is 8.42 Å². The number of nitrogens with zero attached hydrogens (tertiary/aromatic N) is 2. The molecule has 120 valence electrons. The van der Waals surface area contributed by atoms with Gasteiger partial charge in [0.25, 0.3) is 9.84 Å². The Balaban J connectivity index is 2.27. The smallest absolute Gasteiger partial charge is 0.374 e. The maximum atomic E-state index is 12.1. The van der Waals surface area contributed by atoms with Gasteiger partial charge in [-0.15, -0.1) is 0 Å². The summed E-state index contributed by atoms with van der Waals surface area (Å²) in [5.41, 5.74) is 9.59. The maximum Gasteiger partial charge on any atom is 0.374 e. The van der Waals surface area contributed by atoms with E-state index in [2.05, 4.69) is 4.79 Å². The van der Waals surface area contributed by atoms with Gasteiger partial charge in [-0.05, 0) is 43.3 Å². The summed E-state index contributed by atoms with van der Waals surface area (Å²) in [7, 11) is -7.88. The second-order valence-corrected chi connectivity index (χ2v) is 7.91. The molecular formula is C14H12N2O5S2. The highest BCUT2D eigenvalue weighted by atomic mass is 32.2. The van der Waals surface area contributed by atoms with Gasteiger partial charge in [-0.2, -0.15) is 13.2 Å². The summed E-state index contributed by atoms with van der Waals surface area (Å²) >= 11 is 0. The first-order valence-electron chi connectivity index (χ1n) is 6.28. The van der Waals surface area contributed by atoms with Crippen molar-refractivity contribution in [2.24, 2.45) is 0 Å². The molecule has 0 aliphatic rings. The van der Waals surface area contributed by atoms with E-state index in [-0.39, 0.29) is 15.5 Å². The third-order valence-corrected chi connectivity index (χ3v) is 5.42. The zero-order chi connectivity index (χ0) is 17.1. The monoisotopic (exact) mass is 352 g/mol. The normalized spacial score (nSPS) is 11.5. The fourth-order valence-electron chi connectivity index (χ4n) is 1.69. The zero-order valence-electron chi connectivity index (χ0n) is 11.9. The van der Waals surface area contributed by atoms with Gasteiger partial charge >= 0.3 is 15.7 Å². The number of sulfone groups is 1. The van der Waals surface area contributed by atoms with E-state index in [0.717, 1.165) is 17.7 Å². The van der Waals surface area contributed by atoms with Gasteiger partial charge < -0.3 is 9.71 Å². The molecule has 0 N–H and O–H groups in total. The van der Waals surface area contributed by atoms with Gasteiger partial charge in [-0.3, -0.25) is 0 Å². The van der Waals surface area contributed by atoms with Crippen molar-refractivity contribution in [3.63, 3.8) is 0 Å². The van der Waals surface area contributed by atoms with Crippen LogP contribution in [0.4, 0.5) is 0 Å². The highest BCUT2D eigenvalue weighted by Crippen LogP contribution is 2.21. The van der Waals surface area contributed by atoms with E-state index in [1.807, 2.05) is 6.92 Å². The van der Waals surface area contributed by atoms with E-state index >= 15 is 0 Å². The van der Waals surface area contributed by atoms with Crippen LogP contribution in [0, 0.1) is 6.92 Å². The number of benzene rings is 2. The predicted molar refractivity (Wildman–Crippen MR) is 82.3 cm³/mol. The SMILES string of the molecule is Cc1ccc(S(=O)(=O)Oc2ccc(S(=O)(=O)C=[N+]=[N-])cc2)cc1. The van der Waals surface area contributed by atoms with Crippen LogP contribution in [0.25, 0.3) is 5.53 Å². The highest BCUT2D eigenvalue weighted by Gasteiger charge is 2.19. The second-order valence-electron chi connectivity index (χ2n) is 4.59. The summed E-state index contributed by atoms with van der Waals surface area (Å²) in [5, 5.41) is 0. The van der Waals surface area contributed by atoms with Crippen LogP contribution in [-0.4, -0.2) is 27.2 Å². The third kappa shape index (κ3) is 4.04. The van der Waals surface area contributed by atoms with Crippen molar-refractivity contribution < 1.29 is 25.8 Å². The molecule has 23 heavy (non-hydrogen) atoms. The Labute approximate surface area is 133 Å². The van der Waals surface area contributed by atoms with Crippen LogP contribution in [-0.2, 0) is 20.0 Å². The summed E-state index contributed by atoms with van der Waals surface area (Å²) in [6, 6.07) is 10.8. The topological polar surface area (TPSA) is 114 Å². The summed E-state index contributed by atoms with van der Waals surface area (Å²) in [4.78, 5) is 2.31. The standard InChI is InChI=1S/C14H12N2O5S2/c1-11-2-6-14(7-3-11)23(19,20)21-12-4-8-13(9-5-12)22(17,18)10-16-15/h2-10H,1H3. The molecule has 0 saturated carbocycles. The molecule has 2 aromatic carbocycles. The molecule has 0 aliphatic heterocycles. The first-order chi connectivity index (χ1) is 10.7. The Bertz CT molecular complexity index is 957. The molecule has 0 aliphatic carbocycles. The summed E-state index contributed by atoms with van der Waals surface area (Å²) < 4.78 is 52.4. The Morgan fingerprint density at radius 1 is 0.913 bits per heavy atom. The minimum absolute atomic E-state index is 0.00721. The number of aryl methyl sites for hydroxylation is 1. The highest BCUT2D eigenvalue weighted by molar-refractivity contribution is 8.04. The second kappa shape index (κ2) is 6.33. The van der Waals surface area contributed by atoms with Crippen LogP contribution in [0.15, 0.2) is 58.3 Å². The average Bonchev–Trinajstić information content (AvgIpc) is 2.48. The lowest BCUT2D eigenvalue weighted by Crippen LogP contribution is -2.10. The van der Waals surface area contributed by atoms with Gasteiger partial charge in [0.2, 0.25) is 0 Å². The molecule has 0 radical (unpaired) electrons. The quantitative estimate of drug-likeness (QED) is 0.267. The van der Waals surface area contributed by atoms with Crippen molar-refractivity contribution in [3.8, 4) is 5.75 Å². The molecule has 2 aromatic rings. The third-order valence-electron chi connectivity index (χ3n) is 2.85. The molecule has 0 aromatic heterocycles. The molecule has 0 amide bonds. The lowest BCUT2D eigenvalue weighted by atomic mass is 10.2. The zero-order valence-corrected chi connectivity index (χ0v) is 13.6. The predicted octanol–water partition coefficient (Wildman–Crippen LogP) is 1.79. The Morgan fingerprint density at radius 2 is 1.43 bits per heavy atom. The van der Waals surface area contributed by atoms with Crippen LogP contribution in [0.1, 0.15) is 5.56 Å².